The van der Waals surface area contributed by atoms with E-state index in [-0.39, 0.29) is 12.2 Å². The monoisotopic (exact) mass is 307 g/mol. The Morgan fingerprint density at radius 1 is 1.45 bits per heavy atom. The number of urea groups is 1. The number of nitrogens with zero attached hydrogens (tertiary/aromatic N) is 2. The summed E-state index contributed by atoms with van der Waals surface area (Å²) < 4.78 is 0. The Kier molecular flexibility index (Phi) is 4.59. The van der Waals surface area contributed by atoms with Crippen molar-refractivity contribution < 1.29 is 19.6 Å². The van der Waals surface area contributed by atoms with Crippen LogP contribution in [0.15, 0.2) is 18.2 Å². The van der Waals surface area contributed by atoms with Crippen LogP contribution < -0.4 is 5.32 Å². The molecule has 2 amide bonds. The van der Waals surface area contributed by atoms with Crippen LogP contribution in [0.25, 0.3) is 0 Å². The molecule has 2 N–H and O–H groups in total. The molecule has 0 aromatic heterocycles. The fourth-order valence-electron chi connectivity index (χ4n) is 2.51. The molecule has 0 bridgehead atoms. The molecule has 1 aromatic rings. The molecule has 1 aliphatic heterocycles. The maximum absolute atomic E-state index is 12.2. The SMILES string of the molecule is Cc1c(NC(=O)N2CCCC(C(=O)O)C2)cccc1[N+](=O)[O-]. The van der Waals surface area contributed by atoms with E-state index in [1.165, 1.54) is 17.0 Å². The molecule has 1 atom stereocenters. The standard InChI is InChI=1S/C14H17N3O5/c1-9-11(5-2-6-12(9)17(21)22)15-14(20)16-7-3-4-10(8-16)13(18)19/h2,5-6,10H,3-4,7-8H2,1H3,(H,15,20)(H,18,19). The van der Waals surface area contributed by atoms with Crippen LogP contribution in [0.1, 0.15) is 18.4 Å². The first-order chi connectivity index (χ1) is 10.4. The number of carboxylic acids is 1. The second-order valence-electron chi connectivity index (χ2n) is 5.26. The summed E-state index contributed by atoms with van der Waals surface area (Å²) in [5, 5.41) is 22.6. The Morgan fingerprint density at radius 2 is 2.18 bits per heavy atom. The maximum Gasteiger partial charge on any atom is 0.321 e. The third-order valence-corrected chi connectivity index (χ3v) is 3.80. The molecular weight excluding hydrogens is 290 g/mol. The Hall–Kier alpha value is -2.64. The van der Waals surface area contributed by atoms with Gasteiger partial charge in [0, 0.05) is 19.2 Å². The maximum atomic E-state index is 12.2. The quantitative estimate of drug-likeness (QED) is 0.656. The number of carbonyl (C=O) groups excluding carboxylic acids is 1. The summed E-state index contributed by atoms with van der Waals surface area (Å²) in [5.74, 6) is -1.48. The van der Waals surface area contributed by atoms with Crippen molar-refractivity contribution in [3.05, 3.63) is 33.9 Å². The van der Waals surface area contributed by atoms with E-state index in [2.05, 4.69) is 5.32 Å². The van der Waals surface area contributed by atoms with Crippen LogP contribution in [-0.2, 0) is 4.79 Å². The lowest BCUT2D eigenvalue weighted by atomic mass is 9.99. The van der Waals surface area contributed by atoms with Crippen molar-refractivity contribution in [1.82, 2.24) is 4.90 Å². The molecule has 8 nitrogen and oxygen atoms in total. The highest BCUT2D eigenvalue weighted by molar-refractivity contribution is 5.91. The van der Waals surface area contributed by atoms with Crippen LogP contribution in [0.4, 0.5) is 16.2 Å². The molecule has 0 aliphatic carbocycles. The number of nitro groups is 1. The molecule has 1 saturated heterocycles. The number of amides is 2. The molecule has 1 aliphatic rings. The fourth-order valence-corrected chi connectivity index (χ4v) is 2.51. The van der Waals surface area contributed by atoms with E-state index in [4.69, 9.17) is 5.11 Å². The number of nitrogens with one attached hydrogen (secondary N) is 1. The lowest BCUT2D eigenvalue weighted by Gasteiger charge is -2.30. The van der Waals surface area contributed by atoms with E-state index < -0.39 is 22.8 Å². The van der Waals surface area contributed by atoms with Gasteiger partial charge in [-0.15, -0.1) is 0 Å². The predicted molar refractivity (Wildman–Crippen MR) is 78.8 cm³/mol. The van der Waals surface area contributed by atoms with Crippen LogP contribution in [0, 0.1) is 23.0 Å². The van der Waals surface area contributed by atoms with Gasteiger partial charge in [-0.25, -0.2) is 4.79 Å². The second-order valence-corrected chi connectivity index (χ2v) is 5.26. The number of piperidine rings is 1. The Balaban J connectivity index is 2.10. The first-order valence-electron chi connectivity index (χ1n) is 6.93. The summed E-state index contributed by atoms with van der Waals surface area (Å²) in [7, 11) is 0. The molecule has 2 rings (SSSR count). The summed E-state index contributed by atoms with van der Waals surface area (Å²) in [4.78, 5) is 35.1. The van der Waals surface area contributed by atoms with E-state index in [9.17, 15) is 19.7 Å². The summed E-state index contributed by atoms with van der Waals surface area (Å²) >= 11 is 0. The molecule has 8 heteroatoms. The number of hydrogen-bond donors (Lipinski definition) is 2. The average molecular weight is 307 g/mol. The summed E-state index contributed by atoms with van der Waals surface area (Å²) in [5.41, 5.74) is 0.657. The van der Waals surface area contributed by atoms with Crippen molar-refractivity contribution in [1.29, 1.82) is 0 Å². The first kappa shape index (κ1) is 15.7. The van der Waals surface area contributed by atoms with Gasteiger partial charge in [-0.05, 0) is 25.8 Å². The Bertz CT molecular complexity index is 616. The smallest absolute Gasteiger partial charge is 0.321 e. The molecule has 118 valence electrons. The molecule has 22 heavy (non-hydrogen) atoms. The zero-order valence-electron chi connectivity index (χ0n) is 12.1. The van der Waals surface area contributed by atoms with Gasteiger partial charge in [0.15, 0.2) is 0 Å². The van der Waals surface area contributed by atoms with Crippen molar-refractivity contribution in [2.24, 2.45) is 5.92 Å². The van der Waals surface area contributed by atoms with Crippen molar-refractivity contribution in [3.8, 4) is 0 Å². The number of carboxylic acid groups (broad SMARTS) is 1. The zero-order chi connectivity index (χ0) is 16.3. The lowest BCUT2D eigenvalue weighted by Crippen LogP contribution is -2.44. The summed E-state index contributed by atoms with van der Waals surface area (Å²) in [6, 6.07) is 4.01. The Labute approximate surface area is 126 Å². The van der Waals surface area contributed by atoms with Gasteiger partial charge in [0.25, 0.3) is 5.69 Å². The predicted octanol–water partition coefficient (Wildman–Crippen LogP) is 2.23. The van der Waals surface area contributed by atoms with Crippen LogP contribution in [0.5, 0.6) is 0 Å². The van der Waals surface area contributed by atoms with Gasteiger partial charge in [0.1, 0.15) is 0 Å². The second kappa shape index (κ2) is 6.42. The normalized spacial score (nSPS) is 17.9. The third kappa shape index (κ3) is 3.33. The molecule has 1 heterocycles. The summed E-state index contributed by atoms with van der Waals surface area (Å²) in [6.07, 6.45) is 1.17. The van der Waals surface area contributed by atoms with Crippen LogP contribution in [0.3, 0.4) is 0 Å². The van der Waals surface area contributed by atoms with E-state index in [1.54, 1.807) is 13.0 Å². The number of nitro benzene ring substituents is 1. The molecule has 0 radical (unpaired) electrons. The minimum Gasteiger partial charge on any atom is -0.481 e. The van der Waals surface area contributed by atoms with Crippen molar-refractivity contribution in [3.63, 3.8) is 0 Å². The molecule has 0 saturated carbocycles. The Morgan fingerprint density at radius 3 is 2.82 bits per heavy atom. The van der Waals surface area contributed by atoms with Gasteiger partial charge in [-0.2, -0.15) is 0 Å². The van der Waals surface area contributed by atoms with Gasteiger partial charge in [0.05, 0.1) is 22.1 Å². The first-order valence-corrected chi connectivity index (χ1v) is 6.93. The van der Waals surface area contributed by atoms with Gasteiger partial charge < -0.3 is 15.3 Å². The zero-order valence-corrected chi connectivity index (χ0v) is 12.1. The lowest BCUT2D eigenvalue weighted by molar-refractivity contribution is -0.385. The van der Waals surface area contributed by atoms with E-state index in [0.29, 0.717) is 30.6 Å². The average Bonchev–Trinajstić information content (AvgIpc) is 2.49. The largest absolute Gasteiger partial charge is 0.481 e. The number of carbonyl (C=O) groups is 2. The van der Waals surface area contributed by atoms with E-state index in [0.717, 1.165) is 0 Å². The molecule has 1 unspecified atom stereocenters. The highest BCUT2D eigenvalue weighted by atomic mass is 16.6. The number of hydrogen-bond acceptors (Lipinski definition) is 4. The highest BCUT2D eigenvalue weighted by Gasteiger charge is 2.28. The van der Waals surface area contributed by atoms with Gasteiger partial charge >= 0.3 is 12.0 Å². The topological polar surface area (TPSA) is 113 Å². The minimum atomic E-state index is -0.913. The van der Waals surface area contributed by atoms with E-state index >= 15 is 0 Å². The van der Waals surface area contributed by atoms with Crippen molar-refractivity contribution in [2.45, 2.75) is 19.8 Å². The highest BCUT2D eigenvalue weighted by Crippen LogP contribution is 2.26. The number of benzene rings is 1. The van der Waals surface area contributed by atoms with Crippen LogP contribution in [-0.4, -0.2) is 40.0 Å². The van der Waals surface area contributed by atoms with Gasteiger partial charge in [-0.1, -0.05) is 6.07 Å². The fraction of sp³-hybridized carbons (Fsp3) is 0.429. The summed E-state index contributed by atoms with van der Waals surface area (Å²) in [6.45, 7) is 2.18. The van der Waals surface area contributed by atoms with Gasteiger partial charge in [-0.3, -0.25) is 14.9 Å². The number of anilines is 1. The third-order valence-electron chi connectivity index (χ3n) is 3.80. The molecule has 1 fully saturated rings. The van der Waals surface area contributed by atoms with Crippen LogP contribution >= 0.6 is 0 Å². The number of rotatable bonds is 3. The number of aliphatic carboxylic acids is 1. The van der Waals surface area contributed by atoms with Gasteiger partial charge in [0.2, 0.25) is 0 Å². The minimum absolute atomic E-state index is 0.0696. The van der Waals surface area contributed by atoms with Crippen LogP contribution in [0.2, 0.25) is 0 Å². The number of likely N-dealkylation sites (tertiary alicyclic amines) is 1. The molecule has 0 spiro atoms. The van der Waals surface area contributed by atoms with Crippen molar-refractivity contribution >= 4 is 23.4 Å². The molecular formula is C14H17N3O5. The van der Waals surface area contributed by atoms with Crippen molar-refractivity contribution in [2.75, 3.05) is 18.4 Å². The molecule has 1 aromatic carbocycles. The van der Waals surface area contributed by atoms with E-state index in [1.807, 2.05) is 0 Å².